The molecule has 0 aliphatic carbocycles. The third-order valence-electron chi connectivity index (χ3n) is 3.54. The van der Waals surface area contributed by atoms with Crippen LogP contribution in [0.5, 0.6) is 23.2 Å². The number of rotatable bonds is 1. The molecule has 0 atom stereocenters. The fraction of sp³-hybridized carbons (Fsp3) is 0.0625. The molecular weight excluding hydrogens is 288 g/mol. The van der Waals surface area contributed by atoms with Gasteiger partial charge < -0.3 is 24.8 Å². The number of aromatic hydroxyl groups is 4. The van der Waals surface area contributed by atoms with Gasteiger partial charge in [-0.25, -0.2) is 0 Å². The van der Waals surface area contributed by atoms with E-state index >= 15 is 0 Å². The highest BCUT2D eigenvalue weighted by Crippen LogP contribution is 2.45. The first-order valence-electron chi connectivity index (χ1n) is 6.42. The SMILES string of the molecule is Cc1c(O)c(O)c(O)c2c(=O)c(-c3ccccc3)c(O)oc12. The second-order valence-corrected chi connectivity index (χ2v) is 4.85. The van der Waals surface area contributed by atoms with Gasteiger partial charge in [0, 0.05) is 5.56 Å². The smallest absolute Gasteiger partial charge is 0.294 e. The van der Waals surface area contributed by atoms with Gasteiger partial charge in [0.25, 0.3) is 5.95 Å². The lowest BCUT2D eigenvalue weighted by Gasteiger charge is -2.11. The van der Waals surface area contributed by atoms with E-state index in [1.54, 1.807) is 30.3 Å². The van der Waals surface area contributed by atoms with Gasteiger partial charge in [0.15, 0.2) is 17.1 Å². The summed E-state index contributed by atoms with van der Waals surface area (Å²) in [5, 5.41) is 39.1. The lowest BCUT2D eigenvalue weighted by molar-refractivity contribution is 0.337. The van der Waals surface area contributed by atoms with E-state index in [0.29, 0.717) is 5.56 Å². The first-order valence-corrected chi connectivity index (χ1v) is 6.42. The van der Waals surface area contributed by atoms with Crippen molar-refractivity contribution in [2.24, 2.45) is 0 Å². The Morgan fingerprint density at radius 3 is 2.18 bits per heavy atom. The molecule has 6 nitrogen and oxygen atoms in total. The molecule has 6 heteroatoms. The van der Waals surface area contributed by atoms with Crippen molar-refractivity contribution in [2.45, 2.75) is 6.92 Å². The average Bonchev–Trinajstić information content (AvgIpc) is 2.51. The molecule has 0 aliphatic rings. The van der Waals surface area contributed by atoms with Crippen LogP contribution in [0, 0.1) is 6.92 Å². The minimum Gasteiger partial charge on any atom is -0.504 e. The van der Waals surface area contributed by atoms with Crippen molar-refractivity contribution in [1.82, 2.24) is 0 Å². The fourth-order valence-corrected chi connectivity index (χ4v) is 2.38. The molecule has 0 unspecified atom stereocenters. The summed E-state index contributed by atoms with van der Waals surface area (Å²) in [6.07, 6.45) is 0. The number of phenols is 3. The Kier molecular flexibility index (Phi) is 2.95. The second kappa shape index (κ2) is 4.70. The maximum Gasteiger partial charge on any atom is 0.294 e. The maximum atomic E-state index is 12.6. The molecule has 22 heavy (non-hydrogen) atoms. The van der Waals surface area contributed by atoms with E-state index < -0.39 is 28.6 Å². The second-order valence-electron chi connectivity index (χ2n) is 4.85. The van der Waals surface area contributed by atoms with Gasteiger partial charge in [-0.15, -0.1) is 0 Å². The zero-order valence-corrected chi connectivity index (χ0v) is 11.5. The maximum absolute atomic E-state index is 12.6. The van der Waals surface area contributed by atoms with Crippen LogP contribution in [0.25, 0.3) is 22.1 Å². The number of phenolic OH excluding ortho intramolecular Hbond substituents is 3. The summed E-state index contributed by atoms with van der Waals surface area (Å²) in [5.74, 6) is -2.83. The van der Waals surface area contributed by atoms with E-state index in [-0.39, 0.29) is 22.1 Å². The van der Waals surface area contributed by atoms with Crippen molar-refractivity contribution in [1.29, 1.82) is 0 Å². The van der Waals surface area contributed by atoms with Gasteiger partial charge in [-0.2, -0.15) is 0 Å². The van der Waals surface area contributed by atoms with Crippen molar-refractivity contribution < 1.29 is 24.8 Å². The molecule has 112 valence electrons. The average molecular weight is 300 g/mol. The number of aryl methyl sites for hydroxylation is 1. The molecule has 0 spiro atoms. The molecule has 0 saturated heterocycles. The largest absolute Gasteiger partial charge is 0.504 e. The van der Waals surface area contributed by atoms with E-state index in [4.69, 9.17) is 4.42 Å². The molecule has 0 bridgehead atoms. The van der Waals surface area contributed by atoms with E-state index in [9.17, 15) is 25.2 Å². The van der Waals surface area contributed by atoms with Crippen LogP contribution in [0.1, 0.15) is 5.56 Å². The van der Waals surface area contributed by atoms with Gasteiger partial charge in [-0.3, -0.25) is 4.79 Å². The highest BCUT2D eigenvalue weighted by Gasteiger charge is 2.24. The van der Waals surface area contributed by atoms with Crippen LogP contribution in [0.3, 0.4) is 0 Å². The van der Waals surface area contributed by atoms with Crippen LogP contribution >= 0.6 is 0 Å². The molecule has 1 aromatic heterocycles. The highest BCUT2D eigenvalue weighted by molar-refractivity contribution is 5.94. The minimum absolute atomic E-state index is 0.0392. The molecule has 3 rings (SSSR count). The highest BCUT2D eigenvalue weighted by atomic mass is 16.5. The number of hydrogen-bond acceptors (Lipinski definition) is 6. The van der Waals surface area contributed by atoms with Gasteiger partial charge >= 0.3 is 0 Å². The molecule has 2 aromatic carbocycles. The Morgan fingerprint density at radius 1 is 0.909 bits per heavy atom. The molecular formula is C16H12O6. The van der Waals surface area contributed by atoms with Crippen LogP contribution in [0.15, 0.2) is 39.5 Å². The monoisotopic (exact) mass is 300 g/mol. The topological polar surface area (TPSA) is 111 Å². The molecule has 0 saturated carbocycles. The van der Waals surface area contributed by atoms with Gasteiger partial charge in [-0.1, -0.05) is 30.3 Å². The van der Waals surface area contributed by atoms with Crippen LogP contribution in [-0.4, -0.2) is 20.4 Å². The summed E-state index contributed by atoms with van der Waals surface area (Å²) in [5.41, 5.74) is -0.582. The standard InChI is InChI=1S/C16H12O6/c1-7-11(17)14(20)13(19)10-12(18)9(16(21)22-15(7)10)8-5-3-2-4-6-8/h2-6,17,19-21H,1H3. The normalized spacial score (nSPS) is 11.0. The molecule has 0 radical (unpaired) electrons. The summed E-state index contributed by atoms with van der Waals surface area (Å²) in [7, 11) is 0. The molecule has 1 heterocycles. The lowest BCUT2D eigenvalue weighted by Crippen LogP contribution is -2.06. The molecule has 4 N–H and O–H groups in total. The zero-order valence-electron chi connectivity index (χ0n) is 11.5. The van der Waals surface area contributed by atoms with Crippen molar-refractivity contribution in [3.8, 4) is 34.3 Å². The molecule has 3 aromatic rings. The third-order valence-corrected chi connectivity index (χ3v) is 3.54. The van der Waals surface area contributed by atoms with Crippen molar-refractivity contribution >= 4 is 11.0 Å². The Balaban J connectivity index is 2.52. The molecule has 0 fully saturated rings. The minimum atomic E-state index is -0.804. The number of hydrogen-bond donors (Lipinski definition) is 4. The Bertz CT molecular complexity index is 941. The predicted molar refractivity (Wildman–Crippen MR) is 79.3 cm³/mol. The Hall–Kier alpha value is -3.15. The quantitative estimate of drug-likeness (QED) is 0.514. The lowest BCUT2D eigenvalue weighted by atomic mass is 10.0. The van der Waals surface area contributed by atoms with Gasteiger partial charge in [0.05, 0.1) is 0 Å². The van der Waals surface area contributed by atoms with Gasteiger partial charge in [0.2, 0.25) is 11.2 Å². The van der Waals surface area contributed by atoms with Crippen LogP contribution in [0.2, 0.25) is 0 Å². The first-order chi connectivity index (χ1) is 10.4. The van der Waals surface area contributed by atoms with Gasteiger partial charge in [-0.05, 0) is 12.5 Å². The summed E-state index contributed by atoms with van der Waals surface area (Å²) in [6, 6.07) is 8.30. The van der Waals surface area contributed by atoms with E-state index in [2.05, 4.69) is 0 Å². The van der Waals surface area contributed by atoms with Gasteiger partial charge in [0.1, 0.15) is 10.9 Å². The summed E-state index contributed by atoms with van der Waals surface area (Å²) >= 11 is 0. The summed E-state index contributed by atoms with van der Waals surface area (Å²) < 4.78 is 5.20. The van der Waals surface area contributed by atoms with E-state index in [1.165, 1.54) is 6.92 Å². The predicted octanol–water partition coefficient (Wildman–Crippen LogP) is 2.59. The summed E-state index contributed by atoms with van der Waals surface area (Å²) in [4.78, 5) is 12.6. The number of fused-ring (bicyclic) bond motifs is 1. The fourth-order valence-electron chi connectivity index (χ4n) is 2.38. The van der Waals surface area contributed by atoms with Crippen LogP contribution in [0.4, 0.5) is 0 Å². The first kappa shape index (κ1) is 13.8. The van der Waals surface area contributed by atoms with E-state index in [1.807, 2.05) is 0 Å². The van der Waals surface area contributed by atoms with E-state index in [0.717, 1.165) is 0 Å². The zero-order chi connectivity index (χ0) is 16.0. The number of benzene rings is 2. The van der Waals surface area contributed by atoms with Crippen LogP contribution < -0.4 is 5.43 Å². The molecule has 0 aliphatic heterocycles. The van der Waals surface area contributed by atoms with Crippen molar-refractivity contribution in [3.05, 3.63) is 46.1 Å². The summed E-state index contributed by atoms with van der Waals surface area (Å²) in [6.45, 7) is 1.39. The molecule has 0 amide bonds. The van der Waals surface area contributed by atoms with Crippen LogP contribution in [-0.2, 0) is 0 Å². The third kappa shape index (κ3) is 1.77. The van der Waals surface area contributed by atoms with Crippen molar-refractivity contribution in [2.75, 3.05) is 0 Å². The van der Waals surface area contributed by atoms with Crippen molar-refractivity contribution in [3.63, 3.8) is 0 Å². The Morgan fingerprint density at radius 2 is 1.55 bits per heavy atom. The Labute approximate surface area is 124 Å².